The van der Waals surface area contributed by atoms with Gasteiger partial charge in [0.25, 0.3) is 0 Å². The van der Waals surface area contributed by atoms with Crippen molar-refractivity contribution in [2.24, 2.45) is 5.41 Å². The summed E-state index contributed by atoms with van der Waals surface area (Å²) >= 11 is 0. The average Bonchev–Trinajstić information content (AvgIpc) is 2.66. The van der Waals surface area contributed by atoms with Gasteiger partial charge in [0.05, 0.1) is 6.17 Å². The number of rotatable bonds is 1. The van der Waals surface area contributed by atoms with Crippen molar-refractivity contribution in [3.8, 4) is 0 Å². The van der Waals surface area contributed by atoms with Gasteiger partial charge in [0.2, 0.25) is 0 Å². The van der Waals surface area contributed by atoms with Gasteiger partial charge in [0.15, 0.2) is 0 Å². The summed E-state index contributed by atoms with van der Waals surface area (Å²) < 4.78 is 0. The number of likely N-dealkylation sites (tertiary alicyclic amines) is 2. The second-order valence-corrected chi connectivity index (χ2v) is 6.72. The fourth-order valence-corrected chi connectivity index (χ4v) is 3.55. The van der Waals surface area contributed by atoms with E-state index in [4.69, 9.17) is 0 Å². The van der Waals surface area contributed by atoms with Gasteiger partial charge in [-0.15, -0.1) is 0 Å². The highest BCUT2D eigenvalue weighted by atomic mass is 15.4. The molecule has 0 amide bonds. The van der Waals surface area contributed by atoms with Crippen LogP contribution in [0.15, 0.2) is 0 Å². The Kier molecular flexibility index (Phi) is 3.60. The van der Waals surface area contributed by atoms with Gasteiger partial charge < -0.3 is 0 Å². The van der Waals surface area contributed by atoms with Crippen LogP contribution < -0.4 is 0 Å². The lowest BCUT2D eigenvalue weighted by molar-refractivity contribution is -0.00669. The summed E-state index contributed by atoms with van der Waals surface area (Å²) in [6, 6.07) is 0.790. The molecule has 0 aromatic rings. The molecule has 2 heterocycles. The van der Waals surface area contributed by atoms with Gasteiger partial charge in [-0.2, -0.15) is 0 Å². The quantitative estimate of drug-likeness (QED) is 0.676. The molecule has 2 heteroatoms. The first kappa shape index (κ1) is 12.4. The van der Waals surface area contributed by atoms with Crippen molar-refractivity contribution in [2.45, 2.75) is 65.1 Å². The van der Waals surface area contributed by atoms with Crippen LogP contribution in [0.2, 0.25) is 0 Å². The van der Waals surface area contributed by atoms with Crippen molar-refractivity contribution in [2.75, 3.05) is 20.1 Å². The third-order valence-corrected chi connectivity index (χ3v) is 4.41. The molecular weight excluding hydrogens is 196 g/mol. The van der Waals surface area contributed by atoms with Crippen LogP contribution in [-0.4, -0.2) is 42.1 Å². The zero-order chi connectivity index (χ0) is 11.8. The van der Waals surface area contributed by atoms with Crippen molar-refractivity contribution in [1.82, 2.24) is 9.80 Å². The number of piperidine rings is 1. The second kappa shape index (κ2) is 4.66. The summed E-state index contributed by atoms with van der Waals surface area (Å²) in [7, 11) is 2.31. The van der Waals surface area contributed by atoms with Gasteiger partial charge in [0.1, 0.15) is 0 Å². The minimum atomic E-state index is 0.439. The van der Waals surface area contributed by atoms with Gasteiger partial charge in [-0.25, -0.2) is 0 Å². The van der Waals surface area contributed by atoms with E-state index in [0.29, 0.717) is 5.41 Å². The molecule has 2 atom stereocenters. The lowest BCUT2D eigenvalue weighted by Crippen LogP contribution is -2.53. The Morgan fingerprint density at radius 3 is 2.31 bits per heavy atom. The molecule has 0 aliphatic carbocycles. The van der Waals surface area contributed by atoms with Crippen molar-refractivity contribution in [1.29, 1.82) is 0 Å². The SMILES string of the molecule is CN1CCCCC1N1CCCC1C(C)(C)C. The van der Waals surface area contributed by atoms with Crippen LogP contribution in [0, 0.1) is 5.41 Å². The van der Waals surface area contributed by atoms with Gasteiger partial charge in [-0.1, -0.05) is 20.8 Å². The molecule has 16 heavy (non-hydrogen) atoms. The molecule has 0 radical (unpaired) electrons. The summed E-state index contributed by atoms with van der Waals surface area (Å²) in [5.41, 5.74) is 0.439. The van der Waals surface area contributed by atoms with Gasteiger partial charge in [-0.05, 0) is 51.1 Å². The first-order chi connectivity index (χ1) is 7.50. The fourth-order valence-electron chi connectivity index (χ4n) is 3.55. The maximum Gasteiger partial charge on any atom is 0.0622 e. The number of hydrogen-bond donors (Lipinski definition) is 0. The Morgan fingerprint density at radius 1 is 0.938 bits per heavy atom. The molecule has 2 rings (SSSR count). The molecule has 0 aromatic carbocycles. The molecule has 2 aliphatic heterocycles. The molecule has 94 valence electrons. The predicted molar refractivity (Wildman–Crippen MR) is 69.5 cm³/mol. The van der Waals surface area contributed by atoms with Crippen molar-refractivity contribution in [3.63, 3.8) is 0 Å². The molecule has 2 nitrogen and oxygen atoms in total. The molecule has 0 bridgehead atoms. The van der Waals surface area contributed by atoms with E-state index in [9.17, 15) is 0 Å². The highest BCUT2D eigenvalue weighted by Crippen LogP contribution is 2.36. The highest BCUT2D eigenvalue weighted by Gasteiger charge is 2.39. The summed E-state index contributed by atoms with van der Waals surface area (Å²) in [5, 5.41) is 0. The first-order valence-electron chi connectivity index (χ1n) is 6.96. The van der Waals surface area contributed by atoms with E-state index < -0.39 is 0 Å². The Hall–Kier alpha value is -0.0800. The van der Waals surface area contributed by atoms with E-state index >= 15 is 0 Å². The molecule has 0 N–H and O–H groups in total. The lowest BCUT2D eigenvalue weighted by Gasteiger charge is -2.45. The Labute approximate surface area is 101 Å². The molecule has 2 saturated heterocycles. The van der Waals surface area contributed by atoms with E-state index in [1.165, 1.54) is 45.2 Å². The standard InChI is InChI=1S/C14H28N2/c1-14(2,3)12-8-7-11-16(12)13-9-5-6-10-15(13)4/h12-13H,5-11H2,1-4H3. The maximum atomic E-state index is 2.79. The normalized spacial score (nSPS) is 34.5. The predicted octanol–water partition coefficient (Wildman–Crippen LogP) is 2.94. The van der Waals surface area contributed by atoms with Crippen LogP contribution in [0.5, 0.6) is 0 Å². The van der Waals surface area contributed by atoms with E-state index in [0.717, 1.165) is 12.2 Å². The van der Waals surface area contributed by atoms with Crippen molar-refractivity contribution < 1.29 is 0 Å². The Bertz CT molecular complexity index is 231. The zero-order valence-corrected chi connectivity index (χ0v) is 11.5. The zero-order valence-electron chi connectivity index (χ0n) is 11.5. The summed E-state index contributed by atoms with van der Waals surface area (Å²) in [5.74, 6) is 0. The molecule has 0 spiro atoms. The topological polar surface area (TPSA) is 6.48 Å². The van der Waals surface area contributed by atoms with E-state index in [1.807, 2.05) is 0 Å². The summed E-state index contributed by atoms with van der Waals surface area (Å²) in [6.45, 7) is 9.81. The third kappa shape index (κ3) is 2.43. The van der Waals surface area contributed by atoms with Gasteiger partial charge >= 0.3 is 0 Å². The monoisotopic (exact) mass is 224 g/mol. The van der Waals surface area contributed by atoms with E-state index in [-0.39, 0.29) is 0 Å². The van der Waals surface area contributed by atoms with Crippen molar-refractivity contribution >= 4 is 0 Å². The number of hydrogen-bond acceptors (Lipinski definition) is 2. The van der Waals surface area contributed by atoms with Crippen molar-refractivity contribution in [3.05, 3.63) is 0 Å². The molecule has 0 aromatic heterocycles. The van der Waals surface area contributed by atoms with Crippen LogP contribution in [0.25, 0.3) is 0 Å². The van der Waals surface area contributed by atoms with Gasteiger partial charge in [-0.3, -0.25) is 9.80 Å². The largest absolute Gasteiger partial charge is 0.291 e. The molecule has 2 fully saturated rings. The maximum absolute atomic E-state index is 2.79. The van der Waals surface area contributed by atoms with Crippen LogP contribution in [0.1, 0.15) is 52.9 Å². The van der Waals surface area contributed by atoms with E-state index in [2.05, 4.69) is 37.6 Å². The van der Waals surface area contributed by atoms with Crippen LogP contribution >= 0.6 is 0 Å². The number of nitrogens with zero attached hydrogens (tertiary/aromatic N) is 2. The third-order valence-electron chi connectivity index (χ3n) is 4.41. The lowest BCUT2D eigenvalue weighted by atomic mass is 9.84. The Morgan fingerprint density at radius 2 is 1.69 bits per heavy atom. The van der Waals surface area contributed by atoms with E-state index in [1.54, 1.807) is 0 Å². The fraction of sp³-hybridized carbons (Fsp3) is 1.00. The minimum Gasteiger partial charge on any atom is -0.291 e. The Balaban J connectivity index is 2.07. The summed E-state index contributed by atoms with van der Waals surface area (Å²) in [6.07, 6.45) is 7.70. The first-order valence-corrected chi connectivity index (χ1v) is 6.96. The van der Waals surface area contributed by atoms with Crippen LogP contribution in [0.3, 0.4) is 0 Å². The second-order valence-electron chi connectivity index (χ2n) is 6.72. The minimum absolute atomic E-state index is 0.439. The molecule has 0 saturated carbocycles. The van der Waals surface area contributed by atoms with Crippen LogP contribution in [-0.2, 0) is 0 Å². The average molecular weight is 224 g/mol. The molecule has 2 aliphatic rings. The highest BCUT2D eigenvalue weighted by molar-refractivity contribution is 4.92. The smallest absolute Gasteiger partial charge is 0.0622 e. The molecule has 2 unspecified atom stereocenters. The summed E-state index contributed by atoms with van der Waals surface area (Å²) in [4.78, 5) is 5.37. The van der Waals surface area contributed by atoms with Gasteiger partial charge in [0, 0.05) is 12.6 Å². The molecular formula is C14H28N2. The van der Waals surface area contributed by atoms with Crippen LogP contribution in [0.4, 0.5) is 0 Å².